The molecule has 0 bridgehead atoms. The van der Waals surface area contributed by atoms with E-state index in [1.807, 2.05) is 11.9 Å². The number of likely N-dealkylation sites (N-methyl/N-ethyl adjacent to an activating group) is 1. The van der Waals surface area contributed by atoms with Crippen LogP contribution in [0.5, 0.6) is 6.01 Å². The first kappa shape index (κ1) is 14.1. The predicted molar refractivity (Wildman–Crippen MR) is 80.5 cm³/mol. The van der Waals surface area contributed by atoms with Crippen LogP contribution in [0.2, 0.25) is 0 Å². The van der Waals surface area contributed by atoms with Crippen molar-refractivity contribution in [1.82, 2.24) is 14.9 Å². The minimum atomic E-state index is -0.842. The zero-order valence-corrected chi connectivity index (χ0v) is 12.5. The lowest BCUT2D eigenvalue weighted by atomic mass is 9.72. The fourth-order valence-corrected chi connectivity index (χ4v) is 3.55. The standard InChI is InChI=1S/C16H15FN4O2/c1-20-8-16(9-20)13-10(6-18-15(23)19-13)7-21(14(16)22)12-5-3-2-4-11(12)17/h2-6H,7-9H2,1H3,(H,18,19,23). The first-order chi connectivity index (χ1) is 11.0. The van der Waals surface area contributed by atoms with Gasteiger partial charge in [0.05, 0.1) is 17.9 Å². The molecular weight excluding hydrogens is 299 g/mol. The second kappa shape index (κ2) is 4.73. The molecule has 3 heterocycles. The molecule has 2 aromatic rings. The Hall–Kier alpha value is -2.54. The molecule has 0 saturated carbocycles. The minimum absolute atomic E-state index is 0.189. The van der Waals surface area contributed by atoms with Crippen LogP contribution < -0.4 is 4.90 Å². The van der Waals surface area contributed by atoms with Crippen molar-refractivity contribution < 1.29 is 14.3 Å². The summed E-state index contributed by atoms with van der Waals surface area (Å²) in [5, 5.41) is 9.60. The van der Waals surface area contributed by atoms with Crippen LogP contribution in [0.1, 0.15) is 11.3 Å². The number of carbonyl (C=O) groups excluding carboxylic acids is 1. The Morgan fingerprint density at radius 3 is 2.74 bits per heavy atom. The fraction of sp³-hybridized carbons (Fsp3) is 0.312. The van der Waals surface area contributed by atoms with Gasteiger partial charge in [0, 0.05) is 24.8 Å². The molecule has 1 N–H and O–H groups in total. The smallest absolute Gasteiger partial charge is 0.314 e. The number of carbonyl (C=O) groups is 1. The van der Waals surface area contributed by atoms with E-state index in [1.165, 1.54) is 17.2 Å². The third-order valence-electron chi connectivity index (χ3n) is 4.51. The first-order valence-electron chi connectivity index (χ1n) is 7.32. The number of halogens is 1. The van der Waals surface area contributed by atoms with E-state index in [-0.39, 0.29) is 24.1 Å². The van der Waals surface area contributed by atoms with Crippen molar-refractivity contribution in [2.75, 3.05) is 25.0 Å². The van der Waals surface area contributed by atoms with Crippen molar-refractivity contribution in [3.63, 3.8) is 0 Å². The predicted octanol–water partition coefficient (Wildman–Crippen LogP) is 1.05. The molecule has 2 aliphatic rings. The summed E-state index contributed by atoms with van der Waals surface area (Å²) >= 11 is 0. The van der Waals surface area contributed by atoms with Gasteiger partial charge in [-0.2, -0.15) is 4.98 Å². The van der Waals surface area contributed by atoms with E-state index in [2.05, 4.69) is 9.97 Å². The molecular formula is C16H15FN4O2. The monoisotopic (exact) mass is 314 g/mol. The van der Waals surface area contributed by atoms with Gasteiger partial charge >= 0.3 is 6.01 Å². The van der Waals surface area contributed by atoms with Crippen molar-refractivity contribution in [2.45, 2.75) is 12.0 Å². The van der Waals surface area contributed by atoms with Gasteiger partial charge in [-0.15, -0.1) is 0 Å². The topological polar surface area (TPSA) is 69.6 Å². The highest BCUT2D eigenvalue weighted by Crippen LogP contribution is 2.42. The van der Waals surface area contributed by atoms with E-state index in [4.69, 9.17) is 0 Å². The summed E-state index contributed by atoms with van der Waals surface area (Å²) in [7, 11) is 1.90. The maximum Gasteiger partial charge on any atom is 0.314 e. The number of benzene rings is 1. The number of aromatic hydroxyl groups is 1. The van der Waals surface area contributed by atoms with Gasteiger partial charge < -0.3 is 14.9 Å². The van der Waals surface area contributed by atoms with Crippen LogP contribution in [0.15, 0.2) is 30.5 Å². The maximum atomic E-state index is 14.2. The van der Waals surface area contributed by atoms with Gasteiger partial charge in [-0.1, -0.05) is 12.1 Å². The molecule has 7 heteroatoms. The quantitative estimate of drug-likeness (QED) is 0.852. The minimum Gasteiger partial charge on any atom is -0.479 e. The SMILES string of the molecule is CN1CC2(C1)C(=O)N(c1ccccc1F)Cc1cnc(O)nc12. The summed E-state index contributed by atoms with van der Waals surface area (Å²) in [5.41, 5.74) is 0.704. The number of fused-ring (bicyclic) bond motifs is 2. The molecule has 0 aliphatic carbocycles. The van der Waals surface area contributed by atoms with Crippen molar-refractivity contribution in [2.24, 2.45) is 0 Å². The van der Waals surface area contributed by atoms with Crippen LogP contribution in [0.3, 0.4) is 0 Å². The van der Waals surface area contributed by atoms with Crippen LogP contribution in [-0.4, -0.2) is 46.0 Å². The molecule has 2 aliphatic heterocycles. The molecule has 6 nitrogen and oxygen atoms in total. The largest absolute Gasteiger partial charge is 0.479 e. The summed E-state index contributed by atoms with van der Waals surface area (Å²) in [6.45, 7) is 1.17. The fourth-order valence-electron chi connectivity index (χ4n) is 3.55. The number of nitrogens with zero attached hydrogens (tertiary/aromatic N) is 4. The molecule has 1 aromatic carbocycles. The van der Waals surface area contributed by atoms with E-state index in [0.717, 1.165) is 5.56 Å². The summed E-state index contributed by atoms with van der Waals surface area (Å²) in [4.78, 5) is 24.4. The lowest BCUT2D eigenvalue weighted by molar-refractivity contribution is -0.131. The molecule has 4 rings (SSSR count). The average molecular weight is 314 g/mol. The Morgan fingerprint density at radius 1 is 1.30 bits per heavy atom. The summed E-state index contributed by atoms with van der Waals surface area (Å²) in [6, 6.07) is 5.88. The second-order valence-electron chi connectivity index (χ2n) is 6.14. The van der Waals surface area contributed by atoms with Gasteiger partial charge in [0.2, 0.25) is 5.91 Å². The highest BCUT2D eigenvalue weighted by molar-refractivity contribution is 6.03. The molecule has 23 heavy (non-hydrogen) atoms. The second-order valence-corrected chi connectivity index (χ2v) is 6.14. The van der Waals surface area contributed by atoms with Crippen LogP contribution in [0.25, 0.3) is 0 Å². The number of anilines is 1. The molecule has 1 spiro atoms. The van der Waals surface area contributed by atoms with Gasteiger partial charge in [-0.25, -0.2) is 9.37 Å². The van der Waals surface area contributed by atoms with E-state index < -0.39 is 11.2 Å². The van der Waals surface area contributed by atoms with Crippen LogP contribution >= 0.6 is 0 Å². The van der Waals surface area contributed by atoms with E-state index in [9.17, 15) is 14.3 Å². The normalized spacial score (nSPS) is 19.6. The number of rotatable bonds is 1. The summed E-state index contributed by atoms with van der Waals surface area (Å²) in [5.74, 6) is -0.627. The summed E-state index contributed by atoms with van der Waals surface area (Å²) in [6.07, 6.45) is 1.51. The van der Waals surface area contributed by atoms with Crippen LogP contribution in [0, 0.1) is 5.82 Å². The van der Waals surface area contributed by atoms with Gasteiger partial charge in [0.1, 0.15) is 11.2 Å². The van der Waals surface area contributed by atoms with Crippen molar-refractivity contribution in [3.05, 3.63) is 47.5 Å². The Bertz CT molecular complexity index is 804. The van der Waals surface area contributed by atoms with Gasteiger partial charge in [0.15, 0.2) is 0 Å². The highest BCUT2D eigenvalue weighted by Gasteiger charge is 2.56. The lowest BCUT2D eigenvalue weighted by Gasteiger charge is -2.51. The van der Waals surface area contributed by atoms with Crippen molar-refractivity contribution in [1.29, 1.82) is 0 Å². The number of likely N-dealkylation sites (tertiary alicyclic amines) is 1. The van der Waals surface area contributed by atoms with Gasteiger partial charge in [-0.3, -0.25) is 4.79 Å². The lowest BCUT2D eigenvalue weighted by Crippen LogP contribution is -2.68. The number of hydrogen-bond donors (Lipinski definition) is 1. The number of aromatic nitrogens is 2. The van der Waals surface area contributed by atoms with Gasteiger partial charge in [-0.05, 0) is 19.2 Å². The summed E-state index contributed by atoms with van der Waals surface area (Å²) < 4.78 is 14.2. The van der Waals surface area contributed by atoms with Crippen LogP contribution in [-0.2, 0) is 16.8 Å². The average Bonchev–Trinajstić information content (AvgIpc) is 2.50. The maximum absolute atomic E-state index is 14.2. The molecule has 118 valence electrons. The molecule has 1 amide bonds. The van der Waals surface area contributed by atoms with Crippen molar-refractivity contribution in [3.8, 4) is 6.01 Å². The van der Waals surface area contributed by atoms with E-state index >= 15 is 0 Å². The molecule has 1 fully saturated rings. The third-order valence-corrected chi connectivity index (χ3v) is 4.51. The first-order valence-corrected chi connectivity index (χ1v) is 7.32. The van der Waals surface area contributed by atoms with E-state index in [0.29, 0.717) is 18.8 Å². The third kappa shape index (κ3) is 1.93. The highest BCUT2D eigenvalue weighted by atomic mass is 19.1. The number of hydrogen-bond acceptors (Lipinski definition) is 5. The van der Waals surface area contributed by atoms with Crippen molar-refractivity contribution >= 4 is 11.6 Å². The van der Waals surface area contributed by atoms with Gasteiger partial charge in [0.25, 0.3) is 0 Å². The number of para-hydroxylation sites is 1. The number of amides is 1. The molecule has 1 saturated heterocycles. The molecule has 1 aromatic heterocycles. The zero-order chi connectivity index (χ0) is 16.2. The Morgan fingerprint density at radius 2 is 2.04 bits per heavy atom. The molecule has 0 radical (unpaired) electrons. The molecule has 0 unspecified atom stereocenters. The van der Waals surface area contributed by atoms with E-state index in [1.54, 1.807) is 18.2 Å². The van der Waals surface area contributed by atoms with Crippen LogP contribution in [0.4, 0.5) is 10.1 Å². The zero-order valence-electron chi connectivity index (χ0n) is 12.5. The Balaban J connectivity index is 1.86. The molecule has 0 atom stereocenters. The Kier molecular flexibility index (Phi) is 2.89. The Labute approximate surface area is 132 Å².